The number of rotatable bonds is 3. The number of hydrogen-bond donors (Lipinski definition) is 1. The molecule has 1 saturated carbocycles. The molecule has 28 heavy (non-hydrogen) atoms. The van der Waals surface area contributed by atoms with Crippen LogP contribution >= 0.6 is 11.6 Å². The van der Waals surface area contributed by atoms with Gasteiger partial charge in [-0.3, -0.25) is 4.79 Å². The second kappa shape index (κ2) is 6.44. The van der Waals surface area contributed by atoms with Gasteiger partial charge in [0.1, 0.15) is 11.5 Å². The first-order valence-corrected chi connectivity index (χ1v) is 8.95. The van der Waals surface area contributed by atoms with Crippen LogP contribution in [-0.2, 0) is 11.7 Å². The van der Waals surface area contributed by atoms with Crippen molar-refractivity contribution in [3.63, 3.8) is 0 Å². The van der Waals surface area contributed by atoms with E-state index in [4.69, 9.17) is 11.6 Å². The van der Waals surface area contributed by atoms with E-state index in [-0.39, 0.29) is 10.6 Å². The van der Waals surface area contributed by atoms with E-state index in [1.165, 1.54) is 12.1 Å². The van der Waals surface area contributed by atoms with Gasteiger partial charge in [-0.15, -0.1) is 5.10 Å². The molecule has 1 fully saturated rings. The lowest BCUT2D eigenvalue weighted by Gasteiger charge is -2.42. The van der Waals surface area contributed by atoms with Crippen LogP contribution in [0.3, 0.4) is 0 Å². The molecule has 4 rings (SSSR count). The zero-order valence-electron chi connectivity index (χ0n) is 14.7. The Morgan fingerprint density at radius 2 is 1.96 bits per heavy atom. The van der Waals surface area contributed by atoms with Gasteiger partial charge in [0.05, 0.1) is 23.0 Å². The maximum Gasteiger partial charge on any atom is 0.416 e. The minimum Gasteiger partial charge on any atom is -0.311 e. The van der Waals surface area contributed by atoms with E-state index < -0.39 is 17.3 Å². The molecule has 0 unspecified atom stereocenters. The molecule has 146 valence electrons. The summed E-state index contributed by atoms with van der Waals surface area (Å²) >= 11 is 6.23. The number of nitrogens with one attached hydrogen (secondary N) is 1. The van der Waals surface area contributed by atoms with Crippen LogP contribution in [0.4, 0.5) is 13.2 Å². The molecule has 0 amide bonds. The second-order valence-electron chi connectivity index (χ2n) is 6.84. The summed E-state index contributed by atoms with van der Waals surface area (Å²) in [5.74, 6) is 0.446. The summed E-state index contributed by atoms with van der Waals surface area (Å²) < 4.78 is 40.5. The Labute approximate surface area is 162 Å². The summed E-state index contributed by atoms with van der Waals surface area (Å²) in [4.78, 5) is 18.5. The van der Waals surface area contributed by atoms with Crippen molar-refractivity contribution in [2.24, 2.45) is 0 Å². The van der Waals surface area contributed by atoms with E-state index in [0.29, 0.717) is 35.6 Å². The summed E-state index contributed by atoms with van der Waals surface area (Å²) in [6.07, 6.45) is -0.589. The minimum absolute atomic E-state index is 0.0386. The van der Waals surface area contributed by atoms with E-state index >= 15 is 0 Å². The van der Waals surface area contributed by atoms with Crippen molar-refractivity contribution < 1.29 is 13.2 Å². The van der Waals surface area contributed by atoms with Gasteiger partial charge in [0, 0.05) is 11.1 Å². The van der Waals surface area contributed by atoms with E-state index in [2.05, 4.69) is 20.3 Å². The quantitative estimate of drug-likeness (QED) is 0.711. The summed E-state index contributed by atoms with van der Waals surface area (Å²) in [6.45, 7) is 1.66. The minimum atomic E-state index is -4.46. The van der Waals surface area contributed by atoms with Gasteiger partial charge in [0.15, 0.2) is 0 Å². The third kappa shape index (κ3) is 3.09. The van der Waals surface area contributed by atoms with Gasteiger partial charge >= 0.3 is 6.18 Å². The third-order valence-corrected chi connectivity index (χ3v) is 5.35. The Bertz CT molecular complexity index is 1100. The molecule has 0 saturated heterocycles. The first kappa shape index (κ1) is 18.7. The average molecular weight is 410 g/mol. The zero-order valence-corrected chi connectivity index (χ0v) is 15.5. The topological polar surface area (TPSA) is 76.5 Å². The van der Waals surface area contributed by atoms with Crippen molar-refractivity contribution >= 4 is 11.6 Å². The van der Waals surface area contributed by atoms with Gasteiger partial charge in [-0.05, 0) is 43.9 Å². The predicted molar refractivity (Wildman–Crippen MR) is 96.0 cm³/mol. The number of benzene rings is 1. The number of aromatic amines is 1. The van der Waals surface area contributed by atoms with Crippen molar-refractivity contribution in [1.29, 1.82) is 0 Å². The molecular formula is C18H15ClF3N5O. The molecule has 1 N–H and O–H groups in total. The number of hydrogen-bond acceptors (Lipinski definition) is 4. The summed E-state index contributed by atoms with van der Waals surface area (Å²) in [6, 6.07) is 4.69. The van der Waals surface area contributed by atoms with Gasteiger partial charge in [-0.1, -0.05) is 22.9 Å². The Morgan fingerprint density at radius 1 is 1.21 bits per heavy atom. The number of aryl methyl sites for hydroxylation is 1. The highest BCUT2D eigenvalue weighted by Crippen LogP contribution is 2.48. The second-order valence-corrected chi connectivity index (χ2v) is 7.25. The normalized spacial score (nSPS) is 16.0. The fourth-order valence-electron chi connectivity index (χ4n) is 3.50. The van der Waals surface area contributed by atoms with Crippen molar-refractivity contribution in [3.8, 4) is 11.4 Å². The average Bonchev–Trinajstić information content (AvgIpc) is 3.03. The number of H-pyrrole nitrogens is 1. The molecule has 0 aliphatic heterocycles. The maximum absolute atomic E-state index is 12.9. The van der Waals surface area contributed by atoms with Gasteiger partial charge in [-0.2, -0.15) is 13.2 Å². The lowest BCUT2D eigenvalue weighted by atomic mass is 9.71. The third-order valence-electron chi connectivity index (χ3n) is 5.03. The van der Waals surface area contributed by atoms with Gasteiger partial charge in [0.2, 0.25) is 0 Å². The van der Waals surface area contributed by atoms with Gasteiger partial charge in [-0.25, -0.2) is 9.67 Å². The highest BCUT2D eigenvalue weighted by molar-refractivity contribution is 6.31. The molecule has 1 aromatic carbocycles. The van der Waals surface area contributed by atoms with E-state index in [1.54, 1.807) is 17.8 Å². The molecule has 0 atom stereocenters. The number of nitrogens with zero attached hydrogens (tertiary/aromatic N) is 4. The van der Waals surface area contributed by atoms with Crippen LogP contribution < -0.4 is 5.56 Å². The molecule has 2 aromatic heterocycles. The molecule has 2 heterocycles. The molecule has 0 bridgehead atoms. The van der Waals surface area contributed by atoms with Crippen LogP contribution in [0.15, 0.2) is 35.3 Å². The van der Waals surface area contributed by atoms with Crippen molar-refractivity contribution in [2.75, 3.05) is 0 Å². The van der Waals surface area contributed by atoms with Crippen LogP contribution in [-0.4, -0.2) is 25.0 Å². The Morgan fingerprint density at radius 3 is 2.54 bits per heavy atom. The van der Waals surface area contributed by atoms with Crippen LogP contribution in [0.2, 0.25) is 5.02 Å². The van der Waals surface area contributed by atoms with Crippen molar-refractivity contribution in [3.05, 3.63) is 62.8 Å². The molecule has 10 heteroatoms. The molecular weight excluding hydrogens is 395 g/mol. The first-order chi connectivity index (χ1) is 13.2. The lowest BCUT2D eigenvalue weighted by molar-refractivity contribution is -0.137. The highest BCUT2D eigenvalue weighted by Gasteiger charge is 2.44. The summed E-state index contributed by atoms with van der Waals surface area (Å²) in [7, 11) is 0. The van der Waals surface area contributed by atoms with E-state index in [1.807, 2.05) is 0 Å². The Balaban J connectivity index is 1.75. The Hall–Kier alpha value is -2.68. The Kier molecular flexibility index (Phi) is 4.29. The predicted octanol–water partition coefficient (Wildman–Crippen LogP) is 3.94. The molecule has 3 aromatic rings. The summed E-state index contributed by atoms with van der Waals surface area (Å²) in [5.41, 5.74) is -0.411. The van der Waals surface area contributed by atoms with Crippen molar-refractivity contribution in [2.45, 2.75) is 37.9 Å². The molecule has 6 nitrogen and oxygen atoms in total. The lowest BCUT2D eigenvalue weighted by Crippen LogP contribution is -2.42. The fraction of sp³-hybridized carbons (Fsp3) is 0.333. The largest absolute Gasteiger partial charge is 0.416 e. The van der Waals surface area contributed by atoms with Gasteiger partial charge in [0.25, 0.3) is 5.56 Å². The van der Waals surface area contributed by atoms with Gasteiger partial charge < -0.3 is 4.98 Å². The van der Waals surface area contributed by atoms with Crippen molar-refractivity contribution in [1.82, 2.24) is 25.0 Å². The highest BCUT2D eigenvalue weighted by atomic mass is 35.5. The monoisotopic (exact) mass is 409 g/mol. The number of aromatic nitrogens is 5. The van der Waals surface area contributed by atoms with E-state index in [9.17, 15) is 18.0 Å². The fourth-order valence-corrected chi connectivity index (χ4v) is 3.86. The first-order valence-electron chi connectivity index (χ1n) is 8.57. The van der Waals surface area contributed by atoms with Crippen LogP contribution in [0.1, 0.15) is 36.2 Å². The zero-order chi connectivity index (χ0) is 20.1. The van der Waals surface area contributed by atoms with E-state index in [0.717, 1.165) is 18.6 Å². The molecule has 1 aliphatic carbocycles. The molecule has 1 aliphatic rings. The van der Waals surface area contributed by atoms with Crippen LogP contribution in [0.25, 0.3) is 11.4 Å². The summed E-state index contributed by atoms with van der Waals surface area (Å²) in [5, 5.41) is 8.31. The number of halogens is 4. The maximum atomic E-state index is 12.9. The molecule has 0 radical (unpaired) electrons. The molecule has 0 spiro atoms. The smallest absolute Gasteiger partial charge is 0.311 e. The standard InChI is InChI=1S/C18H15ClF3N5O/c1-10-23-14(8-16(28)24-10)15-9-27(26-25-15)17(5-2-6-17)12-4-3-11(7-13(12)19)18(20,21)22/h3-4,7-9H,2,5-6H2,1H3,(H,23,24,28). The number of alkyl halides is 3. The van der Waals surface area contributed by atoms with Crippen LogP contribution in [0.5, 0.6) is 0 Å². The SMILES string of the molecule is Cc1nc(-c2cn(C3(c4ccc(C(F)(F)F)cc4Cl)CCC3)nn2)cc(=O)[nH]1. The van der Waals surface area contributed by atoms with Crippen LogP contribution in [0, 0.1) is 6.92 Å².